The third-order valence-corrected chi connectivity index (χ3v) is 3.86. The van der Waals surface area contributed by atoms with E-state index in [1.54, 1.807) is 0 Å². The topological polar surface area (TPSA) is 38.7 Å². The van der Waals surface area contributed by atoms with Gasteiger partial charge >= 0.3 is 0 Å². The minimum atomic E-state index is -0.272. The first-order valence-corrected chi connectivity index (χ1v) is 8.22. The van der Waals surface area contributed by atoms with Crippen LogP contribution in [0.1, 0.15) is 71.1 Å². The molecule has 0 radical (unpaired) electrons. The molecule has 1 rings (SSSR count). The predicted molar refractivity (Wildman–Crippen MR) is 78.4 cm³/mol. The molecule has 0 bridgehead atoms. The fraction of sp³-hybridized carbons (Fsp3) is 1.00. The second kappa shape index (κ2) is 11.7. The van der Waals surface area contributed by atoms with E-state index in [1.807, 2.05) is 0 Å². The lowest BCUT2D eigenvalue weighted by Crippen LogP contribution is -2.22. The van der Waals surface area contributed by atoms with Crippen LogP contribution in [0.5, 0.6) is 0 Å². The van der Waals surface area contributed by atoms with Crippen molar-refractivity contribution in [1.29, 1.82) is 0 Å². The summed E-state index contributed by atoms with van der Waals surface area (Å²) in [5.74, 6) is 0. The lowest BCUT2D eigenvalue weighted by molar-refractivity contribution is 0.0122. The number of aliphatic hydroxyl groups excluding tert-OH is 1. The molecule has 1 N–H and O–H groups in total. The summed E-state index contributed by atoms with van der Waals surface area (Å²) in [5, 5.41) is 9.57. The van der Waals surface area contributed by atoms with Crippen LogP contribution in [0.25, 0.3) is 0 Å². The van der Waals surface area contributed by atoms with Gasteiger partial charge in [-0.1, -0.05) is 51.9 Å². The van der Waals surface area contributed by atoms with Crippen molar-refractivity contribution in [2.24, 2.45) is 0 Å². The first kappa shape index (κ1) is 16.9. The van der Waals surface area contributed by atoms with Crippen LogP contribution in [-0.2, 0) is 9.47 Å². The Bertz CT molecular complexity index is 196. The molecule has 1 aliphatic heterocycles. The molecule has 0 aromatic heterocycles. The zero-order valence-corrected chi connectivity index (χ0v) is 12.6. The second-order valence-electron chi connectivity index (χ2n) is 5.64. The van der Waals surface area contributed by atoms with Crippen LogP contribution >= 0.6 is 0 Å². The van der Waals surface area contributed by atoms with E-state index in [4.69, 9.17) is 9.47 Å². The molecule has 2 atom stereocenters. The summed E-state index contributed by atoms with van der Waals surface area (Å²) in [7, 11) is 0. The average Bonchev–Trinajstić information content (AvgIpc) is 2.82. The van der Waals surface area contributed by atoms with Gasteiger partial charge in [0.15, 0.2) is 0 Å². The van der Waals surface area contributed by atoms with E-state index < -0.39 is 0 Å². The number of rotatable bonds is 12. The average molecular weight is 272 g/mol. The quantitative estimate of drug-likeness (QED) is 0.551. The molecule has 0 unspecified atom stereocenters. The number of unbranched alkanes of at least 4 members (excludes halogenated alkanes) is 7. The number of hydrogen-bond donors (Lipinski definition) is 1. The maximum absolute atomic E-state index is 9.57. The van der Waals surface area contributed by atoms with Crippen LogP contribution in [-0.4, -0.2) is 37.1 Å². The minimum absolute atomic E-state index is 0.0126. The molecule has 1 aliphatic rings. The van der Waals surface area contributed by atoms with E-state index in [-0.39, 0.29) is 12.2 Å². The van der Waals surface area contributed by atoms with Crippen LogP contribution in [0.2, 0.25) is 0 Å². The largest absolute Gasteiger partial charge is 0.390 e. The summed E-state index contributed by atoms with van der Waals surface area (Å²) < 4.78 is 11.0. The Hall–Kier alpha value is -0.120. The summed E-state index contributed by atoms with van der Waals surface area (Å²) in [6.07, 6.45) is 12.0. The molecule has 3 nitrogen and oxygen atoms in total. The molecular weight excluding hydrogens is 240 g/mol. The van der Waals surface area contributed by atoms with Crippen molar-refractivity contribution >= 4 is 0 Å². The van der Waals surface area contributed by atoms with Crippen molar-refractivity contribution in [3.8, 4) is 0 Å². The van der Waals surface area contributed by atoms with E-state index in [0.29, 0.717) is 6.61 Å². The summed E-state index contributed by atoms with van der Waals surface area (Å²) in [4.78, 5) is 0. The molecule has 19 heavy (non-hydrogen) atoms. The smallest absolute Gasteiger partial charge is 0.0856 e. The van der Waals surface area contributed by atoms with Crippen LogP contribution in [0, 0.1) is 0 Å². The second-order valence-corrected chi connectivity index (χ2v) is 5.64. The highest BCUT2D eigenvalue weighted by Crippen LogP contribution is 2.16. The maximum atomic E-state index is 9.57. The number of hydrogen-bond acceptors (Lipinski definition) is 3. The van der Waals surface area contributed by atoms with E-state index in [9.17, 15) is 5.11 Å². The Balaban J connectivity index is 1.74. The molecule has 0 aromatic carbocycles. The van der Waals surface area contributed by atoms with Gasteiger partial charge in [0.05, 0.1) is 12.2 Å². The standard InChI is InChI=1S/C16H32O3/c1-2-3-4-5-6-7-8-9-12-18-13-11-16-15(17)10-14-19-16/h15-17H,2-14H2,1H3/t15-,16-/m1/s1. The zero-order chi connectivity index (χ0) is 13.8. The molecule has 114 valence electrons. The molecule has 1 heterocycles. The fourth-order valence-corrected chi connectivity index (χ4v) is 2.55. The first-order valence-electron chi connectivity index (χ1n) is 8.22. The van der Waals surface area contributed by atoms with Crippen molar-refractivity contribution in [2.75, 3.05) is 19.8 Å². The molecular formula is C16H32O3. The van der Waals surface area contributed by atoms with Gasteiger partial charge in [-0.3, -0.25) is 0 Å². The molecule has 1 fully saturated rings. The summed E-state index contributed by atoms with van der Waals surface area (Å²) in [6.45, 7) is 4.53. The molecule has 0 aliphatic carbocycles. The Morgan fingerprint density at radius 1 is 1.00 bits per heavy atom. The van der Waals surface area contributed by atoms with Crippen molar-refractivity contribution < 1.29 is 14.6 Å². The minimum Gasteiger partial charge on any atom is -0.390 e. The highest BCUT2D eigenvalue weighted by Gasteiger charge is 2.25. The normalized spacial score (nSPS) is 23.1. The Labute approximate surface area is 118 Å². The van der Waals surface area contributed by atoms with Crippen molar-refractivity contribution in [2.45, 2.75) is 83.3 Å². The van der Waals surface area contributed by atoms with Crippen LogP contribution in [0.3, 0.4) is 0 Å². The SMILES string of the molecule is CCCCCCCCCCOCC[C@H]1OCC[C@H]1O. The first-order chi connectivity index (χ1) is 9.34. The van der Waals surface area contributed by atoms with E-state index in [2.05, 4.69) is 6.92 Å². The molecule has 1 saturated heterocycles. The molecule has 0 amide bonds. The third-order valence-electron chi connectivity index (χ3n) is 3.86. The van der Waals surface area contributed by atoms with E-state index >= 15 is 0 Å². The predicted octanol–water partition coefficient (Wildman–Crippen LogP) is 3.68. The Morgan fingerprint density at radius 3 is 2.32 bits per heavy atom. The van der Waals surface area contributed by atoms with Gasteiger partial charge in [-0.2, -0.15) is 0 Å². The van der Waals surface area contributed by atoms with Gasteiger partial charge in [0.2, 0.25) is 0 Å². The van der Waals surface area contributed by atoms with Crippen LogP contribution in [0.4, 0.5) is 0 Å². The lowest BCUT2D eigenvalue weighted by Gasteiger charge is -2.13. The Kier molecular flexibility index (Phi) is 10.4. The van der Waals surface area contributed by atoms with Crippen molar-refractivity contribution in [1.82, 2.24) is 0 Å². The van der Waals surface area contributed by atoms with Crippen molar-refractivity contribution in [3.05, 3.63) is 0 Å². The van der Waals surface area contributed by atoms with Gasteiger partial charge in [0.1, 0.15) is 0 Å². The molecule has 0 aromatic rings. The third kappa shape index (κ3) is 8.61. The maximum Gasteiger partial charge on any atom is 0.0856 e. The summed E-state index contributed by atoms with van der Waals surface area (Å²) >= 11 is 0. The van der Waals surface area contributed by atoms with Gasteiger partial charge in [0.25, 0.3) is 0 Å². The van der Waals surface area contributed by atoms with Gasteiger partial charge in [0, 0.05) is 19.8 Å². The highest BCUT2D eigenvalue weighted by atomic mass is 16.5. The molecule has 3 heteroatoms. The zero-order valence-electron chi connectivity index (χ0n) is 12.6. The van der Waals surface area contributed by atoms with Gasteiger partial charge in [-0.05, 0) is 19.3 Å². The summed E-state index contributed by atoms with van der Waals surface area (Å²) in [6, 6.07) is 0. The molecule has 0 spiro atoms. The van der Waals surface area contributed by atoms with Crippen molar-refractivity contribution in [3.63, 3.8) is 0 Å². The van der Waals surface area contributed by atoms with Crippen LogP contribution in [0.15, 0.2) is 0 Å². The number of aliphatic hydroxyl groups is 1. The van der Waals surface area contributed by atoms with Gasteiger partial charge in [-0.15, -0.1) is 0 Å². The monoisotopic (exact) mass is 272 g/mol. The highest BCUT2D eigenvalue weighted by molar-refractivity contribution is 4.74. The van der Waals surface area contributed by atoms with E-state index in [0.717, 1.165) is 26.1 Å². The van der Waals surface area contributed by atoms with Crippen LogP contribution < -0.4 is 0 Å². The summed E-state index contributed by atoms with van der Waals surface area (Å²) in [5.41, 5.74) is 0. The fourth-order valence-electron chi connectivity index (χ4n) is 2.55. The molecule has 0 saturated carbocycles. The van der Waals surface area contributed by atoms with E-state index in [1.165, 1.54) is 51.4 Å². The lowest BCUT2D eigenvalue weighted by atomic mass is 10.1. The number of ether oxygens (including phenoxy) is 2. The van der Waals surface area contributed by atoms with Gasteiger partial charge in [-0.25, -0.2) is 0 Å². The van der Waals surface area contributed by atoms with Gasteiger partial charge < -0.3 is 14.6 Å². The Morgan fingerprint density at radius 2 is 1.68 bits per heavy atom.